The number of hydrogen-bond acceptors (Lipinski definition) is 12. The predicted molar refractivity (Wildman–Crippen MR) is 222 cm³/mol. The van der Waals surface area contributed by atoms with Gasteiger partial charge < -0.3 is 33.8 Å². The first kappa shape index (κ1) is 38.1. The van der Waals surface area contributed by atoms with E-state index in [9.17, 15) is 4.79 Å². The summed E-state index contributed by atoms with van der Waals surface area (Å²) in [4.78, 5) is 43.2. The molecule has 0 N–H and O–H groups in total. The largest absolute Gasteiger partial charge is 0.497 e. The van der Waals surface area contributed by atoms with Gasteiger partial charge in [0.1, 0.15) is 17.3 Å². The maximum Gasteiger partial charge on any atom is 0.228 e. The van der Waals surface area contributed by atoms with Crippen molar-refractivity contribution < 1.29 is 19.0 Å². The summed E-state index contributed by atoms with van der Waals surface area (Å²) < 4.78 is 16.5. The van der Waals surface area contributed by atoms with Crippen LogP contribution in [0.25, 0.3) is 11.3 Å². The molecule has 13 heteroatoms. The van der Waals surface area contributed by atoms with Crippen LogP contribution in [-0.4, -0.2) is 115 Å². The summed E-state index contributed by atoms with van der Waals surface area (Å²) in [5.74, 6) is 4.06. The summed E-state index contributed by atoms with van der Waals surface area (Å²) in [6.45, 7) is 10.9. The molecule has 0 atom stereocenters. The third kappa shape index (κ3) is 8.95. The van der Waals surface area contributed by atoms with Crippen molar-refractivity contribution >= 4 is 29.3 Å². The summed E-state index contributed by atoms with van der Waals surface area (Å²) in [6, 6.07) is 25.1. The van der Waals surface area contributed by atoms with Crippen LogP contribution in [0.3, 0.4) is 0 Å². The Morgan fingerprint density at radius 1 is 0.737 bits per heavy atom. The van der Waals surface area contributed by atoms with Crippen molar-refractivity contribution in [3.63, 3.8) is 0 Å². The normalized spacial score (nSPS) is 15.7. The highest BCUT2D eigenvalue weighted by Crippen LogP contribution is 2.39. The molecule has 13 nitrogen and oxygen atoms in total. The highest BCUT2D eigenvalue weighted by molar-refractivity contribution is 5.77. The Balaban J connectivity index is 1.04. The van der Waals surface area contributed by atoms with Crippen molar-refractivity contribution in [3.05, 3.63) is 107 Å². The smallest absolute Gasteiger partial charge is 0.228 e. The van der Waals surface area contributed by atoms with Gasteiger partial charge in [-0.25, -0.2) is 15.0 Å². The molecule has 8 rings (SSSR count). The Morgan fingerprint density at radius 2 is 1.33 bits per heavy atom. The van der Waals surface area contributed by atoms with Gasteiger partial charge >= 0.3 is 0 Å². The first-order valence-corrected chi connectivity index (χ1v) is 19.9. The molecule has 3 aromatic carbocycles. The average Bonchev–Trinajstić information content (AvgIpc) is 3.70. The number of hydrogen-bond donors (Lipinski definition) is 0. The number of fused-ring (bicyclic) bond motifs is 1. The Kier molecular flexibility index (Phi) is 11.7. The number of morpholine rings is 1. The standard InChI is InChI=1S/C44H51N9O4/c1-32(54)50-22-20-49(21-23-50)18-16-33-4-10-37(11-5-33)53-19-17-40-41(47-44(48-42(40)53)51-24-26-57-27-25-51)36-28-45-43(46-29-36)52(30-34-6-12-38(55-2)13-7-34)31-35-8-14-39(56-3)15-9-35/h4-15,28-29H,16-27,30-31H2,1-3H3. The average molecular weight is 770 g/mol. The van der Waals surface area contributed by atoms with Crippen molar-refractivity contribution in [2.75, 3.05) is 94.5 Å². The summed E-state index contributed by atoms with van der Waals surface area (Å²) in [5.41, 5.74) is 7.50. The molecular weight excluding hydrogens is 719 g/mol. The zero-order chi connectivity index (χ0) is 39.1. The highest BCUT2D eigenvalue weighted by atomic mass is 16.5. The summed E-state index contributed by atoms with van der Waals surface area (Å²) in [6.07, 6.45) is 5.59. The summed E-state index contributed by atoms with van der Waals surface area (Å²) in [5, 5.41) is 0. The monoisotopic (exact) mass is 769 g/mol. The van der Waals surface area contributed by atoms with Crippen molar-refractivity contribution in [2.24, 2.45) is 0 Å². The van der Waals surface area contributed by atoms with Gasteiger partial charge in [0, 0.05) is 102 Å². The zero-order valence-electron chi connectivity index (χ0n) is 33.1. The van der Waals surface area contributed by atoms with Crippen LogP contribution in [-0.2, 0) is 35.5 Å². The quantitative estimate of drug-likeness (QED) is 0.153. The molecule has 1 amide bonds. The number of piperazine rings is 1. The van der Waals surface area contributed by atoms with E-state index < -0.39 is 0 Å². The minimum atomic E-state index is 0.166. The molecule has 0 radical (unpaired) electrons. The van der Waals surface area contributed by atoms with Gasteiger partial charge in [0.2, 0.25) is 17.8 Å². The van der Waals surface area contributed by atoms with E-state index in [1.165, 1.54) is 5.56 Å². The molecule has 2 fully saturated rings. The van der Waals surface area contributed by atoms with Crippen LogP contribution in [0.1, 0.15) is 29.2 Å². The molecule has 3 aliphatic rings. The molecule has 0 bridgehead atoms. The fourth-order valence-corrected chi connectivity index (χ4v) is 7.76. The van der Waals surface area contributed by atoms with Crippen molar-refractivity contribution in [1.82, 2.24) is 29.7 Å². The van der Waals surface area contributed by atoms with E-state index >= 15 is 0 Å². The van der Waals surface area contributed by atoms with Crippen LogP contribution < -0.4 is 24.2 Å². The first-order chi connectivity index (χ1) is 27.9. The Labute approximate surface area is 334 Å². The van der Waals surface area contributed by atoms with E-state index in [4.69, 9.17) is 34.1 Å². The summed E-state index contributed by atoms with van der Waals surface area (Å²) >= 11 is 0. The highest BCUT2D eigenvalue weighted by Gasteiger charge is 2.30. The molecule has 0 aliphatic carbocycles. The van der Waals surface area contributed by atoms with Gasteiger partial charge in [-0.15, -0.1) is 0 Å². The van der Waals surface area contributed by atoms with Crippen LogP contribution >= 0.6 is 0 Å². The molecule has 2 saturated heterocycles. The minimum absolute atomic E-state index is 0.166. The number of amides is 1. The molecule has 0 unspecified atom stereocenters. The number of ether oxygens (including phenoxy) is 3. The second kappa shape index (κ2) is 17.6. The number of anilines is 4. The van der Waals surface area contributed by atoms with Gasteiger partial charge in [0.15, 0.2) is 0 Å². The lowest BCUT2D eigenvalue weighted by molar-refractivity contribution is -0.130. The first-order valence-electron chi connectivity index (χ1n) is 19.9. The molecule has 5 heterocycles. The second-order valence-electron chi connectivity index (χ2n) is 14.8. The van der Waals surface area contributed by atoms with Crippen molar-refractivity contribution in [2.45, 2.75) is 32.9 Å². The van der Waals surface area contributed by atoms with Crippen molar-refractivity contribution in [3.8, 4) is 22.8 Å². The van der Waals surface area contributed by atoms with Crippen LogP contribution in [0.4, 0.5) is 23.4 Å². The predicted octanol–water partition coefficient (Wildman–Crippen LogP) is 5.40. The van der Waals surface area contributed by atoms with Gasteiger partial charge in [-0.2, -0.15) is 4.98 Å². The molecule has 296 valence electrons. The molecule has 3 aliphatic heterocycles. The fourth-order valence-electron chi connectivity index (χ4n) is 7.76. The number of nitrogens with zero attached hydrogens (tertiary/aromatic N) is 9. The third-order valence-electron chi connectivity index (χ3n) is 11.2. The van der Waals surface area contributed by atoms with Crippen molar-refractivity contribution in [1.29, 1.82) is 0 Å². The molecule has 0 saturated carbocycles. The van der Waals surface area contributed by atoms with E-state index in [0.717, 1.165) is 116 Å². The van der Waals surface area contributed by atoms with E-state index in [1.54, 1.807) is 21.1 Å². The fraction of sp³-hybridized carbons (Fsp3) is 0.386. The lowest BCUT2D eigenvalue weighted by Gasteiger charge is -2.34. The van der Waals surface area contributed by atoms with Gasteiger partial charge in [-0.3, -0.25) is 9.69 Å². The number of carbonyl (C=O) groups excluding carboxylic acids is 1. The third-order valence-corrected chi connectivity index (χ3v) is 11.2. The number of benzene rings is 3. The molecule has 57 heavy (non-hydrogen) atoms. The molecule has 5 aromatic rings. The van der Waals surface area contributed by atoms with Crippen LogP contribution in [0.15, 0.2) is 85.2 Å². The lowest BCUT2D eigenvalue weighted by atomic mass is 10.1. The van der Waals surface area contributed by atoms with E-state index in [0.29, 0.717) is 38.2 Å². The SMILES string of the molecule is COc1ccc(CN(Cc2ccc(OC)cc2)c2ncc(-c3nc(N4CCOCC4)nc4c3CCN4c3ccc(CCN4CCN(C(C)=O)CC4)cc3)cn2)cc1. The summed E-state index contributed by atoms with van der Waals surface area (Å²) in [7, 11) is 3.36. The number of carbonyl (C=O) groups is 1. The van der Waals surface area contributed by atoms with Gasteiger partial charge in [0.05, 0.1) is 33.1 Å². The molecule has 0 spiro atoms. The molecular formula is C44H51N9O4. The Morgan fingerprint density at radius 3 is 1.91 bits per heavy atom. The topological polar surface area (TPSA) is 113 Å². The minimum Gasteiger partial charge on any atom is -0.497 e. The Bertz CT molecular complexity index is 2050. The van der Waals surface area contributed by atoms with Crippen LogP contribution in [0, 0.1) is 0 Å². The Hall–Kier alpha value is -5.79. The lowest BCUT2D eigenvalue weighted by Crippen LogP contribution is -2.48. The maximum absolute atomic E-state index is 11.7. The second-order valence-corrected chi connectivity index (χ2v) is 14.8. The number of methoxy groups -OCH3 is 2. The number of rotatable bonds is 13. The number of aromatic nitrogens is 4. The van der Waals surface area contributed by atoms with Crippen LogP contribution in [0.5, 0.6) is 11.5 Å². The molecule has 2 aromatic heterocycles. The van der Waals surface area contributed by atoms with Gasteiger partial charge in [0.25, 0.3) is 0 Å². The van der Waals surface area contributed by atoms with E-state index in [1.807, 2.05) is 41.6 Å². The van der Waals surface area contributed by atoms with Crippen LogP contribution in [0.2, 0.25) is 0 Å². The van der Waals surface area contributed by atoms with Gasteiger partial charge in [-0.1, -0.05) is 36.4 Å². The zero-order valence-corrected chi connectivity index (χ0v) is 33.1. The van der Waals surface area contributed by atoms with Gasteiger partial charge in [-0.05, 0) is 65.9 Å². The van der Waals surface area contributed by atoms with E-state index in [-0.39, 0.29) is 5.91 Å². The maximum atomic E-state index is 11.7. The van der Waals surface area contributed by atoms with E-state index in [2.05, 4.69) is 68.1 Å².